The van der Waals surface area contributed by atoms with Crippen molar-refractivity contribution in [3.8, 4) is 0 Å². The van der Waals surface area contributed by atoms with Crippen LogP contribution in [-0.4, -0.2) is 33.7 Å². The van der Waals surface area contributed by atoms with Crippen LogP contribution in [0.5, 0.6) is 0 Å². The number of rotatable bonds is 5. The van der Waals surface area contributed by atoms with Crippen LogP contribution < -0.4 is 5.32 Å². The molecule has 2 rings (SSSR count). The van der Waals surface area contributed by atoms with Crippen molar-refractivity contribution in [3.05, 3.63) is 45.7 Å². The third-order valence-electron chi connectivity index (χ3n) is 4.12. The number of carbonyl (C=O) groups excluding carboxylic acids is 1. The summed E-state index contributed by atoms with van der Waals surface area (Å²) in [5.41, 5.74) is -0.267. The van der Waals surface area contributed by atoms with E-state index in [1.165, 1.54) is 18.2 Å². The van der Waals surface area contributed by atoms with Crippen molar-refractivity contribution in [1.29, 1.82) is 0 Å². The average Bonchev–Trinajstić information content (AvgIpc) is 2.48. The number of nitrogens with one attached hydrogen (secondary N) is 1. The van der Waals surface area contributed by atoms with Gasteiger partial charge in [0.15, 0.2) is 5.78 Å². The molecule has 2 atom stereocenters. The van der Waals surface area contributed by atoms with Gasteiger partial charge in [0.05, 0.1) is 0 Å². The van der Waals surface area contributed by atoms with Gasteiger partial charge in [-0.2, -0.15) is 0 Å². The average molecular weight is 400 g/mol. The normalized spacial score (nSPS) is 21.8. The van der Waals surface area contributed by atoms with Gasteiger partial charge in [0.1, 0.15) is 11.4 Å². The Morgan fingerprint density at radius 1 is 1.46 bits per heavy atom. The molecular formula is C17H19BrFNO4. The highest BCUT2D eigenvalue weighted by molar-refractivity contribution is 9.10. The van der Waals surface area contributed by atoms with Crippen LogP contribution in [0.3, 0.4) is 0 Å². The van der Waals surface area contributed by atoms with Crippen molar-refractivity contribution in [3.63, 3.8) is 0 Å². The molecule has 1 aromatic rings. The number of Topliss-reactive ketones (excluding diaryl/α,β-unsaturated/α-hetero) is 1. The molecule has 0 fully saturated rings. The van der Waals surface area contributed by atoms with Crippen molar-refractivity contribution in [2.45, 2.75) is 44.2 Å². The number of carbonyl (C=O) groups is 2. The Morgan fingerprint density at radius 2 is 2.17 bits per heavy atom. The molecule has 0 heterocycles. The summed E-state index contributed by atoms with van der Waals surface area (Å²) in [5, 5.41) is 21.7. The third kappa shape index (κ3) is 4.42. The minimum absolute atomic E-state index is 0.158. The van der Waals surface area contributed by atoms with Crippen molar-refractivity contribution in [2.75, 3.05) is 0 Å². The predicted octanol–water partition coefficient (Wildman–Crippen LogP) is 3.66. The fourth-order valence-corrected chi connectivity index (χ4v) is 3.39. The number of halogens is 2. The zero-order valence-electron chi connectivity index (χ0n) is 13.2. The molecule has 130 valence electrons. The second-order valence-electron chi connectivity index (χ2n) is 6.11. The molecule has 0 aromatic heterocycles. The van der Waals surface area contributed by atoms with Gasteiger partial charge in [-0.25, -0.2) is 9.18 Å². The molecular weight excluding hydrogens is 381 g/mol. The van der Waals surface area contributed by atoms with E-state index >= 15 is 0 Å². The van der Waals surface area contributed by atoms with Gasteiger partial charge >= 0.3 is 6.09 Å². The number of aliphatic hydroxyl groups is 1. The Kier molecular flexibility index (Phi) is 5.77. The zero-order chi connectivity index (χ0) is 17.9. The van der Waals surface area contributed by atoms with Crippen molar-refractivity contribution in [1.82, 2.24) is 5.32 Å². The summed E-state index contributed by atoms with van der Waals surface area (Å²) in [6.07, 6.45) is 2.17. The highest BCUT2D eigenvalue weighted by Gasteiger charge is 2.38. The first-order valence-corrected chi connectivity index (χ1v) is 8.40. The lowest BCUT2D eigenvalue weighted by atomic mass is 9.79. The van der Waals surface area contributed by atoms with Crippen LogP contribution >= 0.6 is 15.9 Å². The number of carboxylic acid groups (broad SMARTS) is 1. The molecule has 0 bridgehead atoms. The predicted molar refractivity (Wildman–Crippen MR) is 90.6 cm³/mol. The zero-order valence-corrected chi connectivity index (χ0v) is 14.8. The molecule has 0 radical (unpaired) electrons. The van der Waals surface area contributed by atoms with Gasteiger partial charge in [0, 0.05) is 22.5 Å². The van der Waals surface area contributed by atoms with Crippen LogP contribution in [-0.2, 0) is 0 Å². The molecule has 1 amide bonds. The van der Waals surface area contributed by atoms with E-state index in [0.717, 1.165) is 5.57 Å². The Hall–Kier alpha value is -1.73. The van der Waals surface area contributed by atoms with Crippen LogP contribution in [0.2, 0.25) is 0 Å². The van der Waals surface area contributed by atoms with E-state index in [4.69, 9.17) is 5.11 Å². The van der Waals surface area contributed by atoms with Gasteiger partial charge < -0.3 is 15.5 Å². The number of ketones is 1. The molecule has 0 saturated carbocycles. The van der Waals surface area contributed by atoms with Crippen LogP contribution in [0.4, 0.5) is 9.18 Å². The third-order valence-corrected chi connectivity index (χ3v) is 4.78. The smallest absolute Gasteiger partial charge is 0.404 e. The standard InChI is InChI=1S/C17H19BrFNO4/c1-10(20-16(22)23)8-11-4-6-17(24,7-5-11)15(21)13-3-2-12(19)9-14(13)18/h2-4,9-10,20,24H,5-8H2,1H3,(H,22,23)/t10-,17?/m0/s1. The van der Waals surface area contributed by atoms with Crippen LogP contribution in [0.15, 0.2) is 34.3 Å². The Morgan fingerprint density at radius 3 is 2.71 bits per heavy atom. The van der Waals surface area contributed by atoms with E-state index < -0.39 is 23.3 Å². The van der Waals surface area contributed by atoms with Crippen molar-refractivity contribution in [2.24, 2.45) is 0 Å². The van der Waals surface area contributed by atoms with E-state index in [1.807, 2.05) is 0 Å². The Balaban J connectivity index is 2.07. The highest BCUT2D eigenvalue weighted by atomic mass is 79.9. The minimum Gasteiger partial charge on any atom is -0.465 e. The van der Waals surface area contributed by atoms with Crippen LogP contribution in [0.1, 0.15) is 43.0 Å². The molecule has 1 aliphatic carbocycles. The molecule has 1 unspecified atom stereocenters. The van der Waals surface area contributed by atoms with Crippen LogP contribution in [0, 0.1) is 5.82 Å². The van der Waals surface area contributed by atoms with Gasteiger partial charge in [0.2, 0.25) is 0 Å². The fourth-order valence-electron chi connectivity index (χ4n) is 2.86. The SMILES string of the molecule is C[C@@H](CC1=CCC(O)(C(=O)c2ccc(F)cc2Br)CC1)NC(=O)O. The molecule has 1 aliphatic rings. The summed E-state index contributed by atoms with van der Waals surface area (Å²) < 4.78 is 13.5. The van der Waals surface area contributed by atoms with Crippen molar-refractivity contribution >= 4 is 27.8 Å². The van der Waals surface area contributed by atoms with E-state index in [2.05, 4.69) is 21.2 Å². The van der Waals surface area contributed by atoms with Gasteiger partial charge in [0.25, 0.3) is 0 Å². The molecule has 0 saturated heterocycles. The summed E-state index contributed by atoms with van der Waals surface area (Å²) >= 11 is 3.15. The summed E-state index contributed by atoms with van der Waals surface area (Å²) in [7, 11) is 0. The first kappa shape index (κ1) is 18.6. The Bertz CT molecular complexity index is 691. The number of benzene rings is 1. The van der Waals surface area contributed by atoms with E-state index in [9.17, 15) is 19.1 Å². The largest absolute Gasteiger partial charge is 0.465 e. The monoisotopic (exact) mass is 399 g/mol. The first-order chi connectivity index (χ1) is 11.2. The van der Waals surface area contributed by atoms with Gasteiger partial charge in [-0.15, -0.1) is 0 Å². The molecule has 0 spiro atoms. The maximum atomic E-state index is 13.2. The molecule has 24 heavy (non-hydrogen) atoms. The lowest BCUT2D eigenvalue weighted by Crippen LogP contribution is -2.40. The van der Waals surface area contributed by atoms with Gasteiger partial charge in [-0.1, -0.05) is 11.6 Å². The fraction of sp³-hybridized carbons (Fsp3) is 0.412. The molecule has 1 aromatic carbocycles. The number of hydrogen-bond acceptors (Lipinski definition) is 3. The van der Waals surface area contributed by atoms with Crippen molar-refractivity contribution < 1.29 is 24.2 Å². The Labute approximate surface area is 147 Å². The maximum absolute atomic E-state index is 13.2. The number of amides is 1. The minimum atomic E-state index is -1.52. The first-order valence-electron chi connectivity index (χ1n) is 7.61. The quantitative estimate of drug-likeness (QED) is 0.520. The topological polar surface area (TPSA) is 86.6 Å². The lowest BCUT2D eigenvalue weighted by Gasteiger charge is -2.31. The molecule has 7 heteroatoms. The van der Waals surface area contributed by atoms with Gasteiger partial charge in [-0.05, 0) is 60.3 Å². The lowest BCUT2D eigenvalue weighted by molar-refractivity contribution is 0.0261. The van der Waals surface area contributed by atoms with E-state index in [-0.39, 0.29) is 24.4 Å². The summed E-state index contributed by atoms with van der Waals surface area (Å²) in [6, 6.07) is 3.50. The molecule has 0 aliphatic heterocycles. The van der Waals surface area contributed by atoms with E-state index in [0.29, 0.717) is 17.3 Å². The molecule has 5 nitrogen and oxygen atoms in total. The maximum Gasteiger partial charge on any atom is 0.404 e. The summed E-state index contributed by atoms with van der Waals surface area (Å²) in [4.78, 5) is 23.2. The second-order valence-corrected chi connectivity index (χ2v) is 6.96. The second kappa shape index (κ2) is 7.44. The number of hydrogen-bond donors (Lipinski definition) is 3. The highest BCUT2D eigenvalue weighted by Crippen LogP contribution is 2.34. The molecule has 3 N–H and O–H groups in total. The van der Waals surface area contributed by atoms with Gasteiger partial charge in [-0.3, -0.25) is 4.79 Å². The van der Waals surface area contributed by atoms with Crippen LogP contribution in [0.25, 0.3) is 0 Å². The summed E-state index contributed by atoms with van der Waals surface area (Å²) in [6.45, 7) is 1.76. The van der Waals surface area contributed by atoms with E-state index in [1.54, 1.807) is 13.0 Å². The summed E-state index contributed by atoms with van der Waals surface area (Å²) in [5.74, 6) is -0.905.